The zero-order valence-electron chi connectivity index (χ0n) is 15.3. The molecule has 0 bridgehead atoms. The summed E-state index contributed by atoms with van der Waals surface area (Å²) in [5.74, 6) is 1.57. The maximum atomic E-state index is 4.06. The molecule has 0 radical (unpaired) electrons. The van der Waals surface area contributed by atoms with Crippen LogP contribution in [0.15, 0.2) is 35.6 Å². The number of allylic oxidation sites excluding steroid dienone is 4. The molecule has 0 aromatic heterocycles. The number of nitrogens with one attached hydrogen (secondary N) is 2. The van der Waals surface area contributed by atoms with Gasteiger partial charge in [0.05, 0.1) is 0 Å². The first kappa shape index (κ1) is 18.3. The minimum Gasteiger partial charge on any atom is -0.388 e. The van der Waals surface area contributed by atoms with Crippen molar-refractivity contribution in [2.45, 2.75) is 39.5 Å². The lowest BCUT2D eigenvalue weighted by Gasteiger charge is -2.36. The minimum absolute atomic E-state index is 0.666. The number of nitrogens with zero attached hydrogens (tertiary/aromatic N) is 1. The van der Waals surface area contributed by atoms with E-state index in [4.69, 9.17) is 0 Å². The Morgan fingerprint density at radius 1 is 1.17 bits per heavy atom. The summed E-state index contributed by atoms with van der Waals surface area (Å²) in [5.41, 5.74) is 3.96. The molecule has 2 aliphatic heterocycles. The molecule has 0 saturated carbocycles. The molecule has 0 aliphatic carbocycles. The number of piperidine rings is 2. The van der Waals surface area contributed by atoms with Crippen molar-refractivity contribution in [1.29, 1.82) is 0 Å². The molecular formula is C20H35N3. The Morgan fingerprint density at radius 2 is 1.83 bits per heavy atom. The van der Waals surface area contributed by atoms with Crippen LogP contribution in [-0.2, 0) is 0 Å². The van der Waals surface area contributed by atoms with Gasteiger partial charge in [-0.3, -0.25) is 0 Å². The lowest BCUT2D eigenvalue weighted by Crippen LogP contribution is -2.40. The summed E-state index contributed by atoms with van der Waals surface area (Å²) < 4.78 is 0. The van der Waals surface area contributed by atoms with Gasteiger partial charge in [-0.05, 0) is 89.2 Å². The van der Waals surface area contributed by atoms with Crippen molar-refractivity contribution in [3.8, 4) is 0 Å². The average molecular weight is 318 g/mol. The van der Waals surface area contributed by atoms with Crippen LogP contribution in [0.1, 0.15) is 39.5 Å². The van der Waals surface area contributed by atoms with Gasteiger partial charge >= 0.3 is 0 Å². The zero-order valence-corrected chi connectivity index (χ0v) is 15.3. The number of hydrogen-bond donors (Lipinski definition) is 2. The number of hydrogen-bond acceptors (Lipinski definition) is 3. The minimum atomic E-state index is 0.666. The molecule has 2 aliphatic rings. The van der Waals surface area contributed by atoms with E-state index < -0.39 is 0 Å². The van der Waals surface area contributed by atoms with Crippen LogP contribution in [0.4, 0.5) is 0 Å². The molecule has 0 atom stereocenters. The van der Waals surface area contributed by atoms with Gasteiger partial charge in [-0.15, -0.1) is 0 Å². The maximum Gasteiger partial charge on any atom is 0.0326 e. The molecule has 130 valence electrons. The van der Waals surface area contributed by atoms with Gasteiger partial charge in [-0.1, -0.05) is 18.2 Å². The van der Waals surface area contributed by atoms with E-state index in [0.717, 1.165) is 5.92 Å². The van der Waals surface area contributed by atoms with E-state index in [1.54, 1.807) is 0 Å². The smallest absolute Gasteiger partial charge is 0.0326 e. The molecule has 3 nitrogen and oxygen atoms in total. The van der Waals surface area contributed by atoms with E-state index in [2.05, 4.69) is 48.1 Å². The Kier molecular flexibility index (Phi) is 7.38. The Hall–Kier alpha value is -1.06. The first-order valence-electron chi connectivity index (χ1n) is 9.26. The SMILES string of the molecule is C=C/C(=C\C(NC)=C(C)C)C1CCN(CC2CCNCC2)CC1. The molecule has 2 heterocycles. The first-order chi connectivity index (χ1) is 11.1. The summed E-state index contributed by atoms with van der Waals surface area (Å²) in [7, 11) is 2.00. The largest absolute Gasteiger partial charge is 0.388 e. The van der Waals surface area contributed by atoms with Crippen molar-refractivity contribution in [2.24, 2.45) is 11.8 Å². The molecular weight excluding hydrogens is 282 g/mol. The second-order valence-corrected chi connectivity index (χ2v) is 7.28. The number of rotatable bonds is 6. The topological polar surface area (TPSA) is 27.3 Å². The summed E-state index contributed by atoms with van der Waals surface area (Å²) in [6.07, 6.45) is 9.60. The highest BCUT2D eigenvalue weighted by atomic mass is 15.1. The highest BCUT2D eigenvalue weighted by Gasteiger charge is 2.24. The molecule has 0 aromatic rings. The molecule has 0 unspecified atom stereocenters. The molecule has 0 spiro atoms. The third kappa shape index (κ3) is 5.50. The van der Waals surface area contributed by atoms with Crippen LogP contribution in [0.2, 0.25) is 0 Å². The van der Waals surface area contributed by atoms with Gasteiger partial charge in [0.15, 0.2) is 0 Å². The second-order valence-electron chi connectivity index (χ2n) is 7.28. The molecule has 0 aromatic carbocycles. The van der Waals surface area contributed by atoms with Crippen LogP contribution < -0.4 is 10.6 Å². The molecule has 2 saturated heterocycles. The van der Waals surface area contributed by atoms with Crippen LogP contribution in [0, 0.1) is 11.8 Å². The summed E-state index contributed by atoms with van der Waals surface area (Å²) in [4.78, 5) is 2.69. The Labute approximate surface area is 142 Å². The highest BCUT2D eigenvalue weighted by molar-refractivity contribution is 5.32. The fourth-order valence-electron chi connectivity index (χ4n) is 3.85. The summed E-state index contributed by atoms with van der Waals surface area (Å²) >= 11 is 0. The van der Waals surface area contributed by atoms with E-state index in [9.17, 15) is 0 Å². The summed E-state index contributed by atoms with van der Waals surface area (Å²) in [6.45, 7) is 14.6. The van der Waals surface area contributed by atoms with Crippen molar-refractivity contribution >= 4 is 0 Å². The Balaban J connectivity index is 1.88. The van der Waals surface area contributed by atoms with Gasteiger partial charge in [-0.2, -0.15) is 0 Å². The zero-order chi connectivity index (χ0) is 16.7. The molecule has 23 heavy (non-hydrogen) atoms. The van der Waals surface area contributed by atoms with E-state index in [-0.39, 0.29) is 0 Å². The monoisotopic (exact) mass is 317 g/mol. The van der Waals surface area contributed by atoms with Gasteiger partial charge in [0.2, 0.25) is 0 Å². The third-order valence-electron chi connectivity index (χ3n) is 5.39. The maximum absolute atomic E-state index is 4.06. The van der Waals surface area contributed by atoms with Gasteiger partial charge < -0.3 is 15.5 Å². The molecule has 3 heteroatoms. The highest BCUT2D eigenvalue weighted by Crippen LogP contribution is 2.27. The molecule has 2 rings (SSSR count). The van der Waals surface area contributed by atoms with E-state index in [1.165, 1.54) is 75.3 Å². The van der Waals surface area contributed by atoms with Crippen LogP contribution in [-0.4, -0.2) is 44.7 Å². The fourth-order valence-corrected chi connectivity index (χ4v) is 3.85. The van der Waals surface area contributed by atoms with E-state index >= 15 is 0 Å². The van der Waals surface area contributed by atoms with E-state index in [0.29, 0.717) is 5.92 Å². The number of likely N-dealkylation sites (tertiary alicyclic amines) is 1. The van der Waals surface area contributed by atoms with Gasteiger partial charge in [0.1, 0.15) is 0 Å². The lowest BCUT2D eigenvalue weighted by molar-refractivity contribution is 0.159. The standard InChI is InChI=1S/C20H35N3/c1-5-18(14-20(21-4)16(2)3)19-8-12-23(13-9-19)15-17-6-10-22-11-7-17/h5,14,17,19,21-22H,1,6-13,15H2,2-4H3/b18-14+. The van der Waals surface area contributed by atoms with Gasteiger partial charge in [0, 0.05) is 19.3 Å². The van der Waals surface area contributed by atoms with Crippen LogP contribution in [0.5, 0.6) is 0 Å². The van der Waals surface area contributed by atoms with E-state index in [1.807, 2.05) is 7.05 Å². The van der Waals surface area contributed by atoms with Crippen LogP contribution in [0.25, 0.3) is 0 Å². The predicted molar refractivity (Wildman–Crippen MR) is 100 cm³/mol. The predicted octanol–water partition coefficient (Wildman–Crippen LogP) is 3.32. The van der Waals surface area contributed by atoms with Crippen molar-refractivity contribution in [2.75, 3.05) is 39.8 Å². The molecule has 2 N–H and O–H groups in total. The van der Waals surface area contributed by atoms with Crippen LogP contribution in [0.3, 0.4) is 0 Å². The Bertz CT molecular complexity index is 432. The average Bonchev–Trinajstić information content (AvgIpc) is 2.57. The summed E-state index contributed by atoms with van der Waals surface area (Å²) in [6, 6.07) is 0. The fraction of sp³-hybridized carbons (Fsp3) is 0.700. The number of likely N-dealkylation sites (N-methyl/N-ethyl adjacent to an activating group) is 1. The normalized spacial score (nSPS) is 22.0. The second kappa shape index (κ2) is 9.29. The van der Waals surface area contributed by atoms with Crippen molar-refractivity contribution in [3.63, 3.8) is 0 Å². The quantitative estimate of drug-likeness (QED) is 0.736. The van der Waals surface area contributed by atoms with Crippen molar-refractivity contribution < 1.29 is 0 Å². The van der Waals surface area contributed by atoms with Crippen LogP contribution >= 0.6 is 0 Å². The molecule has 0 amide bonds. The first-order valence-corrected chi connectivity index (χ1v) is 9.26. The third-order valence-corrected chi connectivity index (χ3v) is 5.39. The Morgan fingerprint density at radius 3 is 2.35 bits per heavy atom. The summed E-state index contributed by atoms with van der Waals surface area (Å²) in [5, 5.41) is 6.77. The van der Waals surface area contributed by atoms with Crippen molar-refractivity contribution in [1.82, 2.24) is 15.5 Å². The van der Waals surface area contributed by atoms with Gasteiger partial charge in [-0.25, -0.2) is 0 Å². The lowest BCUT2D eigenvalue weighted by atomic mass is 9.87. The van der Waals surface area contributed by atoms with Crippen molar-refractivity contribution in [3.05, 3.63) is 35.6 Å². The molecule has 2 fully saturated rings. The van der Waals surface area contributed by atoms with Gasteiger partial charge in [0.25, 0.3) is 0 Å².